The van der Waals surface area contributed by atoms with E-state index in [-0.39, 0.29) is 17.8 Å². The molecular weight excluding hydrogens is 168 g/mol. The van der Waals surface area contributed by atoms with Gasteiger partial charge in [-0.1, -0.05) is 27.2 Å². The van der Waals surface area contributed by atoms with Crippen LogP contribution in [0.3, 0.4) is 0 Å². The van der Waals surface area contributed by atoms with Crippen LogP contribution < -0.4 is 0 Å². The number of hydrogen-bond donors (Lipinski definition) is 0. The summed E-state index contributed by atoms with van der Waals surface area (Å²) < 4.78 is 4.55. The van der Waals surface area contributed by atoms with Gasteiger partial charge in [-0.05, 0) is 12.3 Å². The summed E-state index contributed by atoms with van der Waals surface area (Å²) in [5, 5.41) is 0. The minimum atomic E-state index is -0.522. The molecule has 0 heterocycles. The predicted octanol–water partition coefficient (Wildman–Crippen LogP) is 2.15. The average molecular weight is 186 g/mol. The van der Waals surface area contributed by atoms with Crippen LogP contribution in [0.15, 0.2) is 0 Å². The van der Waals surface area contributed by atoms with Crippen molar-refractivity contribution in [3.05, 3.63) is 0 Å². The number of ether oxygens (including phenoxy) is 1. The third kappa shape index (κ3) is 4.65. The fourth-order valence-electron chi connectivity index (χ4n) is 1.25. The highest BCUT2D eigenvalue weighted by Gasteiger charge is 2.23. The number of hydrogen-bond acceptors (Lipinski definition) is 3. The molecule has 0 N–H and O–H groups in total. The second-order valence-electron chi connectivity index (χ2n) is 3.55. The lowest BCUT2D eigenvalue weighted by atomic mass is 9.92. The first-order valence-electron chi connectivity index (χ1n) is 4.71. The monoisotopic (exact) mass is 186 g/mol. The lowest BCUT2D eigenvalue weighted by Gasteiger charge is -2.16. The van der Waals surface area contributed by atoms with Gasteiger partial charge in [-0.15, -0.1) is 0 Å². The van der Waals surface area contributed by atoms with E-state index in [4.69, 9.17) is 0 Å². The summed E-state index contributed by atoms with van der Waals surface area (Å²) in [6.07, 6.45) is 1.71. The number of esters is 2. The third-order valence-corrected chi connectivity index (χ3v) is 1.95. The van der Waals surface area contributed by atoms with E-state index in [2.05, 4.69) is 4.74 Å². The van der Waals surface area contributed by atoms with Crippen molar-refractivity contribution in [3.8, 4) is 0 Å². The molecule has 1 atom stereocenters. The normalized spacial score (nSPS) is 12.7. The maximum Gasteiger partial charge on any atom is 0.316 e. The summed E-state index contributed by atoms with van der Waals surface area (Å²) in [7, 11) is 0. The van der Waals surface area contributed by atoms with Gasteiger partial charge in [0.15, 0.2) is 0 Å². The van der Waals surface area contributed by atoms with Gasteiger partial charge in [-0.25, -0.2) is 0 Å². The number of carbonyl (C=O) groups excluding carboxylic acids is 2. The molecular formula is C10H18O3. The van der Waals surface area contributed by atoms with Crippen LogP contribution in [0.25, 0.3) is 0 Å². The second-order valence-corrected chi connectivity index (χ2v) is 3.55. The van der Waals surface area contributed by atoms with Gasteiger partial charge in [0, 0.05) is 6.92 Å². The van der Waals surface area contributed by atoms with Crippen molar-refractivity contribution in [2.75, 3.05) is 0 Å². The zero-order valence-electron chi connectivity index (χ0n) is 8.79. The van der Waals surface area contributed by atoms with Crippen LogP contribution in [0.1, 0.15) is 40.5 Å². The lowest BCUT2D eigenvalue weighted by Crippen LogP contribution is -2.24. The highest BCUT2D eigenvalue weighted by molar-refractivity contribution is 5.85. The van der Waals surface area contributed by atoms with E-state index in [1.165, 1.54) is 6.92 Å². The molecule has 76 valence electrons. The van der Waals surface area contributed by atoms with Crippen LogP contribution >= 0.6 is 0 Å². The Hall–Kier alpha value is -0.860. The summed E-state index contributed by atoms with van der Waals surface area (Å²) in [5.41, 5.74) is 0. The molecule has 13 heavy (non-hydrogen) atoms. The molecule has 3 nitrogen and oxygen atoms in total. The molecule has 0 spiro atoms. The fourth-order valence-corrected chi connectivity index (χ4v) is 1.25. The van der Waals surface area contributed by atoms with Crippen LogP contribution in [0.5, 0.6) is 0 Å². The Morgan fingerprint density at radius 2 is 1.85 bits per heavy atom. The first-order chi connectivity index (χ1) is 5.99. The minimum Gasteiger partial charge on any atom is -0.393 e. The zero-order valence-corrected chi connectivity index (χ0v) is 8.79. The summed E-state index contributed by atoms with van der Waals surface area (Å²) in [6, 6.07) is 0. The lowest BCUT2D eigenvalue weighted by molar-refractivity contribution is -0.162. The van der Waals surface area contributed by atoms with Crippen molar-refractivity contribution in [3.63, 3.8) is 0 Å². The number of carbonyl (C=O) groups is 2. The third-order valence-electron chi connectivity index (χ3n) is 1.95. The van der Waals surface area contributed by atoms with Gasteiger partial charge in [-0.2, -0.15) is 0 Å². The Morgan fingerprint density at radius 1 is 1.31 bits per heavy atom. The molecule has 0 aliphatic carbocycles. The van der Waals surface area contributed by atoms with E-state index >= 15 is 0 Å². The Kier molecular flexibility index (Phi) is 5.35. The highest BCUT2D eigenvalue weighted by atomic mass is 16.6. The largest absolute Gasteiger partial charge is 0.393 e. The van der Waals surface area contributed by atoms with Gasteiger partial charge < -0.3 is 4.74 Å². The van der Waals surface area contributed by atoms with E-state index < -0.39 is 5.97 Å². The van der Waals surface area contributed by atoms with Crippen molar-refractivity contribution in [2.45, 2.75) is 40.5 Å². The van der Waals surface area contributed by atoms with Crippen molar-refractivity contribution in [1.29, 1.82) is 0 Å². The van der Waals surface area contributed by atoms with Crippen molar-refractivity contribution >= 4 is 11.9 Å². The van der Waals surface area contributed by atoms with Crippen LogP contribution in [-0.4, -0.2) is 11.9 Å². The van der Waals surface area contributed by atoms with Crippen LogP contribution in [0.4, 0.5) is 0 Å². The molecule has 0 aromatic heterocycles. The van der Waals surface area contributed by atoms with Crippen LogP contribution in [0, 0.1) is 11.8 Å². The van der Waals surface area contributed by atoms with E-state index in [0.717, 1.165) is 12.8 Å². The Labute approximate surface area is 79.5 Å². The first kappa shape index (κ1) is 12.1. The molecule has 3 heteroatoms. The average Bonchev–Trinajstić information content (AvgIpc) is 1.97. The van der Waals surface area contributed by atoms with Crippen LogP contribution in [0.2, 0.25) is 0 Å². The zero-order chi connectivity index (χ0) is 10.4. The van der Waals surface area contributed by atoms with Crippen molar-refractivity contribution < 1.29 is 14.3 Å². The van der Waals surface area contributed by atoms with Gasteiger partial charge in [0.05, 0.1) is 5.92 Å². The minimum absolute atomic E-state index is 0.145. The molecule has 1 unspecified atom stereocenters. The topological polar surface area (TPSA) is 43.4 Å². The molecule has 0 bridgehead atoms. The summed E-state index contributed by atoms with van der Waals surface area (Å²) in [6.45, 7) is 7.18. The summed E-state index contributed by atoms with van der Waals surface area (Å²) >= 11 is 0. The molecule has 0 aromatic rings. The summed E-state index contributed by atoms with van der Waals surface area (Å²) in [4.78, 5) is 21.9. The highest BCUT2D eigenvalue weighted by Crippen LogP contribution is 2.18. The quantitative estimate of drug-likeness (QED) is 0.499. The Balaban J connectivity index is 4.19. The molecule has 0 fully saturated rings. The molecule has 0 saturated carbocycles. The molecule has 0 aliphatic rings. The molecule has 0 radical (unpaired) electrons. The Bertz CT molecular complexity index is 185. The summed E-state index contributed by atoms with van der Waals surface area (Å²) in [5.74, 6) is -0.822. The maximum absolute atomic E-state index is 11.3. The van der Waals surface area contributed by atoms with E-state index in [1.807, 2.05) is 20.8 Å². The number of rotatable bonds is 4. The Morgan fingerprint density at radius 3 is 2.15 bits per heavy atom. The second kappa shape index (κ2) is 5.73. The van der Waals surface area contributed by atoms with Gasteiger partial charge in [0.25, 0.3) is 0 Å². The molecule has 0 amide bonds. The predicted molar refractivity (Wildman–Crippen MR) is 50.0 cm³/mol. The molecule has 0 rings (SSSR count). The first-order valence-corrected chi connectivity index (χ1v) is 4.71. The van der Waals surface area contributed by atoms with Crippen molar-refractivity contribution in [2.24, 2.45) is 11.8 Å². The van der Waals surface area contributed by atoms with Crippen LogP contribution in [-0.2, 0) is 14.3 Å². The standard InChI is InChI=1S/C10H18O3/c1-5-6-9(7(2)3)10(12)13-8(4)11/h7,9H,5-6H2,1-4H3. The molecule has 0 saturated heterocycles. The van der Waals surface area contributed by atoms with E-state index in [1.54, 1.807) is 0 Å². The van der Waals surface area contributed by atoms with Gasteiger partial charge >= 0.3 is 11.9 Å². The maximum atomic E-state index is 11.3. The SMILES string of the molecule is CCCC(C(=O)OC(C)=O)C(C)C. The van der Waals surface area contributed by atoms with Gasteiger partial charge in [0.1, 0.15) is 0 Å². The molecule has 0 aliphatic heterocycles. The van der Waals surface area contributed by atoms with Gasteiger partial charge in [0.2, 0.25) is 0 Å². The van der Waals surface area contributed by atoms with E-state index in [0.29, 0.717) is 0 Å². The van der Waals surface area contributed by atoms with Gasteiger partial charge in [-0.3, -0.25) is 9.59 Å². The van der Waals surface area contributed by atoms with E-state index in [9.17, 15) is 9.59 Å². The molecule has 0 aromatic carbocycles. The fraction of sp³-hybridized carbons (Fsp3) is 0.800. The van der Waals surface area contributed by atoms with Crippen molar-refractivity contribution in [1.82, 2.24) is 0 Å². The smallest absolute Gasteiger partial charge is 0.316 e.